The number of rotatable bonds is 4. The van der Waals surface area contributed by atoms with Crippen molar-refractivity contribution in [3.8, 4) is 11.5 Å². The second kappa shape index (κ2) is 9.88. The molecule has 8 heteroatoms. The molecule has 2 N–H and O–H groups in total. The lowest BCUT2D eigenvalue weighted by molar-refractivity contribution is 0.470. The minimum absolute atomic E-state index is 0.207. The van der Waals surface area contributed by atoms with Crippen LogP contribution in [0.3, 0.4) is 0 Å². The third-order valence-corrected chi connectivity index (χ3v) is 6.55. The van der Waals surface area contributed by atoms with Crippen molar-refractivity contribution in [3.05, 3.63) is 75.2 Å². The van der Waals surface area contributed by atoms with Crippen molar-refractivity contribution < 1.29 is 10.2 Å². The normalized spacial score (nSPS) is 11.6. The van der Waals surface area contributed by atoms with E-state index in [-0.39, 0.29) is 11.5 Å². The molecule has 0 bridgehead atoms. The number of nitrogens with zero attached hydrogens (tertiary/aromatic N) is 2. The Hall–Kier alpha value is -0.980. The van der Waals surface area contributed by atoms with Crippen LogP contribution >= 0.6 is 77.0 Å². The zero-order valence-electron chi connectivity index (χ0n) is 15.0. The van der Waals surface area contributed by atoms with Crippen LogP contribution in [0.15, 0.2) is 61.4 Å². The number of aliphatic imine (C=N–C) groups is 2. The highest BCUT2D eigenvalue weighted by atomic mass is 127. The van der Waals surface area contributed by atoms with Crippen LogP contribution in [0.5, 0.6) is 11.5 Å². The lowest BCUT2D eigenvalue weighted by Crippen LogP contribution is -1.87. The SMILES string of the molecule is Cc1cc(N=Cc2cc(Br)cc(I)c2O)ccc1N=Cc1cc(Br)cc(I)c1O. The van der Waals surface area contributed by atoms with Gasteiger partial charge in [0.2, 0.25) is 0 Å². The molecule has 0 heterocycles. The second-order valence-corrected chi connectivity index (χ2v) is 10.3. The summed E-state index contributed by atoms with van der Waals surface area (Å²) in [6.07, 6.45) is 3.29. The Morgan fingerprint density at radius 1 is 0.793 bits per heavy atom. The first-order valence-electron chi connectivity index (χ1n) is 8.29. The van der Waals surface area contributed by atoms with Crippen molar-refractivity contribution in [2.45, 2.75) is 6.92 Å². The van der Waals surface area contributed by atoms with E-state index < -0.39 is 0 Å². The molecule has 0 aliphatic carbocycles. The monoisotopic (exact) mass is 738 g/mol. The first-order valence-corrected chi connectivity index (χ1v) is 12.0. The van der Waals surface area contributed by atoms with Crippen LogP contribution in [0.25, 0.3) is 0 Å². The number of aromatic hydroxyl groups is 2. The molecule has 0 saturated heterocycles. The molecule has 3 rings (SSSR count). The van der Waals surface area contributed by atoms with Crippen LogP contribution in [-0.4, -0.2) is 22.6 Å². The average molecular weight is 740 g/mol. The summed E-state index contributed by atoms with van der Waals surface area (Å²) < 4.78 is 3.27. The maximum atomic E-state index is 10.2. The molecule has 0 saturated carbocycles. The minimum atomic E-state index is 0.207. The van der Waals surface area contributed by atoms with Gasteiger partial charge in [-0.1, -0.05) is 31.9 Å². The number of hydrogen-bond acceptors (Lipinski definition) is 4. The summed E-state index contributed by atoms with van der Waals surface area (Å²) in [4.78, 5) is 8.98. The predicted octanol–water partition coefficient (Wildman–Crippen LogP) is 7.64. The van der Waals surface area contributed by atoms with Crippen molar-refractivity contribution >= 4 is 101 Å². The number of phenols is 2. The Morgan fingerprint density at radius 2 is 1.31 bits per heavy atom. The van der Waals surface area contributed by atoms with Crippen molar-refractivity contribution in [1.82, 2.24) is 0 Å². The predicted molar refractivity (Wildman–Crippen MR) is 143 cm³/mol. The van der Waals surface area contributed by atoms with Gasteiger partial charge in [0.05, 0.1) is 18.5 Å². The molecule has 0 aliphatic rings. The second-order valence-electron chi connectivity index (χ2n) is 6.14. The summed E-state index contributed by atoms with van der Waals surface area (Å²) in [5.41, 5.74) is 3.79. The van der Waals surface area contributed by atoms with Gasteiger partial charge < -0.3 is 10.2 Å². The first-order chi connectivity index (χ1) is 13.7. The fourth-order valence-electron chi connectivity index (χ4n) is 2.52. The zero-order valence-corrected chi connectivity index (χ0v) is 22.5. The van der Waals surface area contributed by atoms with Gasteiger partial charge in [-0.25, -0.2) is 0 Å². The Balaban J connectivity index is 1.84. The van der Waals surface area contributed by atoms with Crippen molar-refractivity contribution in [2.75, 3.05) is 0 Å². The summed E-state index contributed by atoms with van der Waals surface area (Å²) >= 11 is 11.0. The number of hydrogen-bond donors (Lipinski definition) is 2. The molecular weight excluding hydrogens is 726 g/mol. The van der Waals surface area contributed by atoms with Gasteiger partial charge in [-0.05, 0) is 100 Å². The van der Waals surface area contributed by atoms with E-state index in [0.717, 1.165) is 33.0 Å². The van der Waals surface area contributed by atoms with Crippen molar-refractivity contribution in [3.63, 3.8) is 0 Å². The van der Waals surface area contributed by atoms with Gasteiger partial charge in [-0.3, -0.25) is 9.98 Å². The lowest BCUT2D eigenvalue weighted by atomic mass is 10.1. The van der Waals surface area contributed by atoms with E-state index >= 15 is 0 Å². The molecule has 0 unspecified atom stereocenters. The number of aryl methyl sites for hydroxylation is 1. The molecule has 0 aromatic heterocycles. The van der Waals surface area contributed by atoms with Gasteiger partial charge in [-0.2, -0.15) is 0 Å². The van der Waals surface area contributed by atoms with Gasteiger partial charge in [-0.15, -0.1) is 0 Å². The van der Waals surface area contributed by atoms with Gasteiger partial charge in [0.15, 0.2) is 0 Å². The molecule has 3 aromatic carbocycles. The highest BCUT2D eigenvalue weighted by Crippen LogP contribution is 2.30. The molecule has 4 nitrogen and oxygen atoms in total. The van der Waals surface area contributed by atoms with Crippen molar-refractivity contribution in [2.24, 2.45) is 9.98 Å². The van der Waals surface area contributed by atoms with Gasteiger partial charge in [0.25, 0.3) is 0 Å². The Morgan fingerprint density at radius 3 is 1.83 bits per heavy atom. The Labute approximate surface area is 212 Å². The smallest absolute Gasteiger partial charge is 0.137 e. The topological polar surface area (TPSA) is 65.2 Å². The summed E-state index contributed by atoms with van der Waals surface area (Å²) in [6.45, 7) is 1.95. The average Bonchev–Trinajstić information content (AvgIpc) is 2.66. The quantitative estimate of drug-likeness (QED) is 0.214. The molecule has 0 atom stereocenters. The van der Waals surface area contributed by atoms with E-state index in [0.29, 0.717) is 11.1 Å². The fraction of sp³-hybridized carbons (Fsp3) is 0.0476. The molecular formula is C21H14Br2I2N2O2. The zero-order chi connectivity index (χ0) is 21.1. The summed E-state index contributed by atoms with van der Waals surface area (Å²) in [5.74, 6) is 0.416. The van der Waals surface area contributed by atoms with E-state index in [1.54, 1.807) is 12.4 Å². The van der Waals surface area contributed by atoms with Gasteiger partial charge in [0.1, 0.15) is 11.5 Å². The van der Waals surface area contributed by atoms with Crippen LogP contribution in [-0.2, 0) is 0 Å². The fourth-order valence-corrected chi connectivity index (χ4v) is 5.62. The molecule has 148 valence electrons. The summed E-state index contributed by atoms with van der Waals surface area (Å²) in [6, 6.07) is 13.0. The highest BCUT2D eigenvalue weighted by Gasteiger charge is 2.07. The Kier molecular flexibility index (Phi) is 7.74. The molecule has 29 heavy (non-hydrogen) atoms. The summed E-state index contributed by atoms with van der Waals surface area (Å²) in [7, 11) is 0. The maximum Gasteiger partial charge on any atom is 0.137 e. The standard InChI is InChI=1S/C21H14Br2I2N2O2/c1-11-4-16(26-9-12-5-14(22)7-17(24)20(12)28)2-3-19(11)27-10-13-6-15(23)8-18(25)21(13)29/h2-10,28-29H,1H3. The molecule has 0 fully saturated rings. The van der Waals surface area contributed by atoms with Gasteiger partial charge >= 0.3 is 0 Å². The van der Waals surface area contributed by atoms with Crippen LogP contribution in [0, 0.1) is 14.1 Å². The number of benzene rings is 3. The van der Waals surface area contributed by atoms with Crippen LogP contribution in [0.4, 0.5) is 11.4 Å². The molecule has 0 radical (unpaired) electrons. The van der Waals surface area contributed by atoms with E-state index in [4.69, 9.17) is 0 Å². The van der Waals surface area contributed by atoms with E-state index in [2.05, 4.69) is 87.0 Å². The maximum absolute atomic E-state index is 10.2. The lowest BCUT2D eigenvalue weighted by Gasteiger charge is -2.05. The minimum Gasteiger partial charge on any atom is -0.506 e. The molecule has 0 amide bonds. The first kappa shape index (κ1) is 22.7. The highest BCUT2D eigenvalue weighted by molar-refractivity contribution is 14.1. The van der Waals surface area contributed by atoms with Crippen molar-refractivity contribution in [1.29, 1.82) is 0 Å². The molecule has 3 aromatic rings. The van der Waals surface area contributed by atoms with E-state index in [1.807, 2.05) is 49.4 Å². The van der Waals surface area contributed by atoms with Crippen LogP contribution in [0.1, 0.15) is 16.7 Å². The third kappa shape index (κ3) is 5.80. The van der Waals surface area contributed by atoms with Crippen LogP contribution < -0.4 is 0 Å². The van der Waals surface area contributed by atoms with E-state index in [9.17, 15) is 10.2 Å². The summed E-state index contributed by atoms with van der Waals surface area (Å²) in [5, 5.41) is 20.4. The van der Waals surface area contributed by atoms with E-state index in [1.165, 1.54) is 0 Å². The molecule has 0 spiro atoms. The molecule has 0 aliphatic heterocycles. The largest absolute Gasteiger partial charge is 0.506 e. The number of halogens is 4. The van der Waals surface area contributed by atoms with Crippen LogP contribution in [0.2, 0.25) is 0 Å². The number of phenolic OH excluding ortho intramolecular Hbond substituents is 2. The third-order valence-electron chi connectivity index (χ3n) is 3.99. The van der Waals surface area contributed by atoms with Gasteiger partial charge in [0, 0.05) is 32.5 Å². The Bertz CT molecular complexity index is 1150.